The Hall–Kier alpha value is -7.03. The number of para-hydroxylation sites is 6. The summed E-state index contributed by atoms with van der Waals surface area (Å²) in [4.78, 5) is 14.5. The van der Waals surface area contributed by atoms with E-state index in [-0.39, 0.29) is 5.78 Å². The number of aryl methyl sites for hydroxylation is 4. The summed E-state index contributed by atoms with van der Waals surface area (Å²) in [6, 6.07) is 57.8. The summed E-state index contributed by atoms with van der Waals surface area (Å²) in [5, 5.41) is 7.53. The third-order valence-electron chi connectivity index (χ3n) is 13.8. The molecule has 305 valence electrons. The maximum absolute atomic E-state index is 14.5. The van der Waals surface area contributed by atoms with Crippen LogP contribution in [-0.2, 0) is 0 Å². The summed E-state index contributed by atoms with van der Waals surface area (Å²) in [6.45, 7) is 8.94. The molecule has 1 radical (unpaired) electrons. The Morgan fingerprint density at radius 2 is 0.922 bits per heavy atom. The molecule has 0 amide bonds. The third kappa shape index (κ3) is 5.35. The van der Waals surface area contributed by atoms with Gasteiger partial charge in [-0.25, -0.2) is 0 Å². The van der Waals surface area contributed by atoms with E-state index in [0.717, 1.165) is 28.2 Å². The quantitative estimate of drug-likeness (QED) is 0.162. The van der Waals surface area contributed by atoms with Crippen molar-refractivity contribution >= 4 is 104 Å². The number of allylic oxidation sites excluding steroid dienone is 4. The number of benzene rings is 8. The first-order chi connectivity index (χ1) is 31.3. The molecule has 3 aromatic heterocycles. The van der Waals surface area contributed by atoms with Crippen molar-refractivity contribution in [2.24, 2.45) is 0 Å². The van der Waals surface area contributed by atoms with Gasteiger partial charge in [0.2, 0.25) is 0 Å². The molecule has 4 heterocycles. The molecular formula is C59H42N3OTe. The van der Waals surface area contributed by atoms with Gasteiger partial charge in [0, 0.05) is 0 Å². The van der Waals surface area contributed by atoms with E-state index in [1.54, 1.807) is 0 Å². The van der Waals surface area contributed by atoms with Gasteiger partial charge in [0.1, 0.15) is 0 Å². The molecule has 1 aliphatic heterocycles. The number of rotatable bonds is 4. The van der Waals surface area contributed by atoms with Crippen LogP contribution in [0.25, 0.3) is 88.1 Å². The van der Waals surface area contributed by atoms with Gasteiger partial charge in [-0.3, -0.25) is 0 Å². The van der Waals surface area contributed by atoms with Gasteiger partial charge < -0.3 is 0 Å². The number of nitrogens with zero attached hydrogens (tertiary/aromatic N) is 3. The molecule has 64 heavy (non-hydrogen) atoms. The summed E-state index contributed by atoms with van der Waals surface area (Å²) in [7, 11) is 0. The molecule has 0 unspecified atom stereocenters. The van der Waals surface area contributed by atoms with E-state index >= 15 is 0 Å². The molecule has 0 fully saturated rings. The average molecular weight is 937 g/mol. The Morgan fingerprint density at radius 1 is 0.453 bits per heavy atom. The fourth-order valence-electron chi connectivity index (χ4n) is 11.0. The molecule has 0 saturated carbocycles. The zero-order valence-corrected chi connectivity index (χ0v) is 38.4. The van der Waals surface area contributed by atoms with E-state index in [4.69, 9.17) is 0 Å². The van der Waals surface area contributed by atoms with Crippen LogP contribution in [0.1, 0.15) is 44.6 Å². The van der Waals surface area contributed by atoms with Crippen molar-refractivity contribution in [1.82, 2.24) is 13.7 Å². The van der Waals surface area contributed by atoms with Crippen LogP contribution >= 0.6 is 0 Å². The van der Waals surface area contributed by atoms with Crippen molar-refractivity contribution in [3.8, 4) is 17.1 Å². The summed E-state index contributed by atoms with van der Waals surface area (Å²) < 4.78 is 9.80. The number of aromatic nitrogens is 3. The second-order valence-corrected chi connectivity index (χ2v) is 20.7. The Bertz CT molecular complexity index is 3680. The zero-order valence-electron chi connectivity index (χ0n) is 36.0. The standard InChI is InChI=1S/C59H42N3OTe/c1-34-13-9-19-45-46-20-10-14-35(2)56(46)61(55(34)45)41-29-39(30-42(32-41)62-57-36(3)15-11-21-47(57)48-22-12-16-37(4)58(48)62)38-25-27-49-53(31-38)64-54-33-40(26-28-50(54)59(49)63)60-51-23-7-5-17-43(51)44-18-6-8-24-52(44)60/h5-24,26-33H,25H2,1-4H3. The van der Waals surface area contributed by atoms with Crippen LogP contribution in [0.5, 0.6) is 0 Å². The van der Waals surface area contributed by atoms with E-state index in [1.165, 1.54) is 106 Å². The Balaban J connectivity index is 1.05. The Kier molecular flexibility index (Phi) is 8.20. The van der Waals surface area contributed by atoms with E-state index in [2.05, 4.69) is 211 Å². The molecule has 0 atom stereocenters. The Labute approximate surface area is 380 Å². The van der Waals surface area contributed by atoms with E-state index in [9.17, 15) is 4.79 Å². The van der Waals surface area contributed by atoms with Crippen LogP contribution in [0.2, 0.25) is 0 Å². The predicted molar refractivity (Wildman–Crippen MR) is 270 cm³/mol. The van der Waals surface area contributed by atoms with Crippen molar-refractivity contribution in [1.29, 1.82) is 0 Å². The molecule has 0 spiro atoms. The van der Waals surface area contributed by atoms with E-state index in [0.29, 0.717) is 6.42 Å². The van der Waals surface area contributed by atoms with Crippen LogP contribution in [0.15, 0.2) is 175 Å². The van der Waals surface area contributed by atoms with Crippen molar-refractivity contribution in [2.75, 3.05) is 0 Å². The van der Waals surface area contributed by atoms with Crippen LogP contribution in [0.4, 0.5) is 0 Å². The fourth-order valence-corrected chi connectivity index (χ4v) is 14.3. The minimum absolute atomic E-state index is 0.146. The van der Waals surface area contributed by atoms with Gasteiger partial charge >= 0.3 is 383 Å². The zero-order chi connectivity index (χ0) is 43.0. The first-order valence-electron chi connectivity index (χ1n) is 22.1. The number of hydrogen-bond donors (Lipinski definition) is 0. The van der Waals surface area contributed by atoms with Crippen molar-refractivity contribution < 1.29 is 4.79 Å². The maximum atomic E-state index is 14.5. The minimum atomic E-state index is -0.917. The number of ketones is 1. The summed E-state index contributed by atoms with van der Waals surface area (Å²) in [5.74, 6) is 0.146. The molecule has 0 N–H and O–H groups in total. The van der Waals surface area contributed by atoms with Crippen LogP contribution in [0.3, 0.4) is 0 Å². The molecule has 4 nitrogen and oxygen atoms in total. The van der Waals surface area contributed by atoms with Crippen LogP contribution in [0, 0.1) is 27.7 Å². The van der Waals surface area contributed by atoms with Crippen LogP contribution in [-0.4, -0.2) is 43.5 Å². The first-order valence-corrected chi connectivity index (χ1v) is 24.4. The van der Waals surface area contributed by atoms with Gasteiger partial charge in [0.15, 0.2) is 0 Å². The molecule has 13 rings (SSSR count). The van der Waals surface area contributed by atoms with Gasteiger partial charge in [0.05, 0.1) is 0 Å². The molecule has 5 heteroatoms. The summed E-state index contributed by atoms with van der Waals surface area (Å²) in [6.07, 6.45) is 5.29. The number of carbonyl (C=O) groups is 1. The van der Waals surface area contributed by atoms with E-state index in [1.807, 2.05) is 0 Å². The summed E-state index contributed by atoms with van der Waals surface area (Å²) in [5.41, 5.74) is 19.8. The van der Waals surface area contributed by atoms with E-state index < -0.39 is 20.5 Å². The molecule has 2 aliphatic rings. The normalized spacial score (nSPS) is 13.9. The SMILES string of the molecule is Cc1cccc2c3cccc(C)c3n(-c3cc(C4=CC5=[Te]c6cc(-n7c8ccccc8c8ccccc87)ccc6C(=O)C5=CC4)cc(-n4c5c(C)cccc5c5cccc(C)c54)c3)c12. The van der Waals surface area contributed by atoms with Crippen molar-refractivity contribution in [3.63, 3.8) is 0 Å². The van der Waals surface area contributed by atoms with Gasteiger partial charge in [-0.05, 0) is 0 Å². The number of hydrogen-bond acceptors (Lipinski definition) is 1. The molecule has 8 aromatic carbocycles. The van der Waals surface area contributed by atoms with Gasteiger partial charge in [-0.2, -0.15) is 0 Å². The second kappa shape index (κ2) is 14.0. The fraction of sp³-hybridized carbons (Fsp3) is 0.0847. The van der Waals surface area contributed by atoms with Gasteiger partial charge in [-0.1, -0.05) is 0 Å². The third-order valence-corrected chi connectivity index (χ3v) is 17.0. The van der Waals surface area contributed by atoms with Crippen molar-refractivity contribution in [2.45, 2.75) is 34.1 Å². The van der Waals surface area contributed by atoms with Crippen LogP contribution < -0.4 is 3.61 Å². The molecule has 11 aromatic rings. The van der Waals surface area contributed by atoms with Gasteiger partial charge in [0.25, 0.3) is 0 Å². The number of carbonyl (C=O) groups excluding carboxylic acids is 1. The molecular weight excluding hydrogens is 894 g/mol. The van der Waals surface area contributed by atoms with Crippen molar-refractivity contribution in [3.05, 3.63) is 209 Å². The average Bonchev–Trinajstić information content (AvgIpc) is 3.97. The second-order valence-electron chi connectivity index (χ2n) is 17.6. The van der Waals surface area contributed by atoms with Gasteiger partial charge in [-0.15, -0.1) is 0 Å². The predicted octanol–water partition coefficient (Wildman–Crippen LogP) is 13.3. The molecule has 0 bridgehead atoms. The topological polar surface area (TPSA) is 31.9 Å². The Morgan fingerprint density at radius 3 is 1.42 bits per heavy atom. The number of Topliss-reactive ketones (excluding diaryl/α,β-unsaturated/α-hetero) is 1. The monoisotopic (exact) mass is 938 g/mol. The number of fused-ring (bicyclic) bond motifs is 11. The molecule has 0 saturated heterocycles. The molecule has 1 aliphatic carbocycles. The summed E-state index contributed by atoms with van der Waals surface area (Å²) >= 11 is -0.917. The first kappa shape index (κ1) is 37.5.